The van der Waals surface area contributed by atoms with Crippen LogP contribution < -0.4 is 26.3 Å². The van der Waals surface area contributed by atoms with Crippen LogP contribution in [0.15, 0.2) is 79.3 Å². The molecule has 422 valence electrons. The fourth-order valence-corrected chi connectivity index (χ4v) is 9.55. The van der Waals surface area contributed by atoms with Gasteiger partial charge in [-0.2, -0.15) is 40.2 Å². The standard InChI is InChI=1S/C52H60F8N10O8/c1-49(2,51(55,56)57)42(65-48(76)77-5)44(72)63-39(20-31-9-6-30(7-10-31)8-11-32-14-19-41(61-21-32)67-25-36-17-18-37(26-67)70(36)38-28-78-29-38)40(71)27-68(66-45(73)43(64-47(74)75)50(3,4)52(58,59)60)23-33-12-15-34(16-13-33)35-22-62-69(24-35)46(53)54/h6-7,9-10,12-16,19,21-22,24,36-40,42-43,46,64,71H,17-18,20,23,25-29H2,1-5H3,(H,63,72)(H,65,76)(H,66,73)(H,74,75). The first kappa shape index (κ1) is 58.6. The zero-order valence-corrected chi connectivity index (χ0v) is 43.0. The number of hydrogen-bond acceptors (Lipinski definition) is 12. The monoisotopic (exact) mass is 1100 g/mol. The van der Waals surface area contributed by atoms with E-state index in [9.17, 15) is 64.5 Å². The SMILES string of the molecule is COC(=O)NC(C(=O)NC(Cc1ccc(C#Cc2ccc(N3CC4CCC(C3)N4C3COC3)nc2)cc1)C(O)CN(Cc1ccc(-c2cnn(C(F)F)c2)cc1)NC(=O)C(NC(=O)O)C(C)(C)C(F)(F)F)C(C)(C)C(F)(F)F. The maximum Gasteiger partial charge on any atom is 0.407 e. The smallest absolute Gasteiger partial charge is 0.407 e. The molecule has 4 amide bonds. The number of carbonyl (C=O) groups is 4. The third-order valence-electron chi connectivity index (χ3n) is 14.5. The first-order valence-corrected chi connectivity index (χ1v) is 24.7. The molecule has 0 radical (unpaired) electrons. The van der Waals surface area contributed by atoms with Crippen LogP contribution >= 0.6 is 0 Å². The first-order valence-electron chi connectivity index (χ1n) is 24.7. The number of rotatable bonds is 19. The fraction of sp³-hybridized carbons (Fsp3) is 0.500. The van der Waals surface area contributed by atoms with Gasteiger partial charge in [-0.05, 0) is 87.9 Å². The second kappa shape index (κ2) is 23.9. The summed E-state index contributed by atoms with van der Waals surface area (Å²) in [5.74, 6) is 3.99. The van der Waals surface area contributed by atoms with E-state index in [0.717, 1.165) is 63.3 Å². The normalized spacial score (nSPS) is 18.7. The Morgan fingerprint density at radius 1 is 0.769 bits per heavy atom. The highest BCUT2D eigenvalue weighted by atomic mass is 19.4. The summed E-state index contributed by atoms with van der Waals surface area (Å²) < 4.78 is 124. The zero-order chi connectivity index (χ0) is 56.9. The number of ether oxygens (including phenoxy) is 2. The van der Waals surface area contributed by atoms with Crippen LogP contribution in [0.5, 0.6) is 0 Å². The quantitative estimate of drug-likeness (QED) is 0.0348. The summed E-state index contributed by atoms with van der Waals surface area (Å²) in [7, 11) is 0.862. The third-order valence-corrected chi connectivity index (χ3v) is 14.5. The fourth-order valence-electron chi connectivity index (χ4n) is 9.55. The Labute approximate surface area is 443 Å². The number of alkyl halides is 8. The van der Waals surface area contributed by atoms with Gasteiger partial charge in [0, 0.05) is 67.3 Å². The minimum Gasteiger partial charge on any atom is -0.465 e. The highest BCUT2D eigenvalue weighted by Crippen LogP contribution is 2.42. The molecule has 3 saturated heterocycles. The number of benzene rings is 2. The summed E-state index contributed by atoms with van der Waals surface area (Å²) in [6, 6.07) is 10.9. The summed E-state index contributed by atoms with van der Waals surface area (Å²) in [5, 5.41) is 32.0. The van der Waals surface area contributed by atoms with Gasteiger partial charge in [0.1, 0.15) is 17.9 Å². The molecule has 26 heteroatoms. The number of fused-ring (bicyclic) bond motifs is 2. The largest absolute Gasteiger partial charge is 0.465 e. The molecule has 3 fully saturated rings. The van der Waals surface area contributed by atoms with Crippen molar-refractivity contribution in [2.45, 2.75) is 115 Å². The molecule has 6 unspecified atom stereocenters. The summed E-state index contributed by atoms with van der Waals surface area (Å²) in [4.78, 5) is 61.7. The molecular weight excluding hydrogens is 1040 g/mol. The molecule has 2 aromatic heterocycles. The number of alkyl carbamates (subject to hydrolysis) is 1. The van der Waals surface area contributed by atoms with Crippen LogP contribution in [0.4, 0.5) is 50.5 Å². The number of aromatic nitrogens is 3. The van der Waals surface area contributed by atoms with Crippen LogP contribution in [0.1, 0.15) is 69.3 Å². The van der Waals surface area contributed by atoms with Crippen LogP contribution in [-0.4, -0.2) is 154 Å². The molecule has 2 aromatic carbocycles. The number of hydrazine groups is 1. The van der Waals surface area contributed by atoms with Gasteiger partial charge in [0.2, 0.25) is 5.91 Å². The van der Waals surface area contributed by atoms with Crippen molar-refractivity contribution in [1.29, 1.82) is 0 Å². The topological polar surface area (TPSA) is 216 Å². The lowest BCUT2D eigenvalue weighted by Crippen LogP contribution is -2.63. The second-order valence-electron chi connectivity index (χ2n) is 20.6. The van der Waals surface area contributed by atoms with Crippen LogP contribution in [0, 0.1) is 22.7 Å². The van der Waals surface area contributed by atoms with Crippen molar-refractivity contribution in [3.8, 4) is 23.0 Å². The van der Waals surface area contributed by atoms with Crippen LogP contribution in [0.3, 0.4) is 0 Å². The van der Waals surface area contributed by atoms with Crippen molar-refractivity contribution in [1.82, 2.24) is 46.0 Å². The number of carbonyl (C=O) groups excluding carboxylic acids is 3. The summed E-state index contributed by atoms with van der Waals surface area (Å²) in [6.07, 6.45) is -9.74. The Bertz CT molecular complexity index is 2790. The maximum atomic E-state index is 14.5. The highest BCUT2D eigenvalue weighted by molar-refractivity contribution is 5.87. The molecule has 7 rings (SSSR count). The number of carboxylic acid groups (broad SMARTS) is 1. The van der Waals surface area contributed by atoms with Gasteiger partial charge < -0.3 is 40.5 Å². The number of nitrogens with zero attached hydrogens (tertiary/aromatic N) is 6. The van der Waals surface area contributed by atoms with Gasteiger partial charge in [0.25, 0.3) is 5.91 Å². The van der Waals surface area contributed by atoms with E-state index in [2.05, 4.69) is 42.2 Å². The van der Waals surface area contributed by atoms with Gasteiger partial charge >= 0.3 is 31.1 Å². The van der Waals surface area contributed by atoms with Crippen LogP contribution in [0.25, 0.3) is 11.1 Å². The van der Waals surface area contributed by atoms with Crippen molar-refractivity contribution in [2.75, 3.05) is 44.9 Å². The van der Waals surface area contributed by atoms with Gasteiger partial charge in [-0.3, -0.25) is 19.9 Å². The van der Waals surface area contributed by atoms with Gasteiger partial charge in [-0.25, -0.2) is 24.3 Å². The van der Waals surface area contributed by atoms with Gasteiger partial charge in [-0.15, -0.1) is 0 Å². The Balaban J connectivity index is 1.15. The number of anilines is 1. The second-order valence-corrected chi connectivity index (χ2v) is 20.6. The van der Waals surface area contributed by atoms with Crippen molar-refractivity contribution in [3.05, 3.63) is 102 Å². The Morgan fingerprint density at radius 3 is 1.86 bits per heavy atom. The number of pyridine rings is 1. The number of piperazine rings is 1. The molecule has 5 heterocycles. The summed E-state index contributed by atoms with van der Waals surface area (Å²) in [6.45, 7) is 1.52. The van der Waals surface area contributed by atoms with E-state index in [0.29, 0.717) is 72.8 Å². The van der Waals surface area contributed by atoms with Crippen LogP contribution in [0.2, 0.25) is 0 Å². The number of halogens is 8. The summed E-state index contributed by atoms with van der Waals surface area (Å²) in [5.41, 5.74) is -1.29. The van der Waals surface area contributed by atoms with Gasteiger partial charge in [0.15, 0.2) is 0 Å². The molecular formula is C52H60F8N10O8. The van der Waals surface area contributed by atoms with E-state index in [1.807, 2.05) is 17.4 Å². The van der Waals surface area contributed by atoms with E-state index in [1.54, 1.807) is 35.8 Å². The molecule has 3 aliphatic heterocycles. The predicted molar refractivity (Wildman–Crippen MR) is 265 cm³/mol. The van der Waals surface area contributed by atoms with E-state index in [1.165, 1.54) is 30.5 Å². The van der Waals surface area contributed by atoms with Crippen molar-refractivity contribution in [2.24, 2.45) is 10.8 Å². The molecule has 6 N–H and O–H groups in total. The zero-order valence-electron chi connectivity index (χ0n) is 43.0. The Hall–Kier alpha value is -7.08. The lowest BCUT2D eigenvalue weighted by Gasteiger charge is -2.47. The van der Waals surface area contributed by atoms with Crippen molar-refractivity contribution in [3.63, 3.8) is 0 Å². The lowest BCUT2D eigenvalue weighted by molar-refractivity contribution is -0.221. The molecule has 6 atom stereocenters. The minimum atomic E-state index is -5.16. The van der Waals surface area contributed by atoms with Crippen molar-refractivity contribution >= 4 is 29.8 Å². The van der Waals surface area contributed by atoms with E-state index in [4.69, 9.17) is 9.72 Å². The van der Waals surface area contributed by atoms with E-state index in [-0.39, 0.29) is 17.5 Å². The number of hydrogen-bond donors (Lipinski definition) is 6. The molecule has 18 nitrogen and oxygen atoms in total. The molecule has 78 heavy (non-hydrogen) atoms. The average molecular weight is 1110 g/mol. The first-order chi connectivity index (χ1) is 36.6. The minimum absolute atomic E-state index is 0.278. The average Bonchev–Trinajstić information content (AvgIpc) is 4.03. The number of methoxy groups -OCH3 is 1. The van der Waals surface area contributed by atoms with E-state index >= 15 is 0 Å². The van der Waals surface area contributed by atoms with Gasteiger partial charge in [-0.1, -0.05) is 48.2 Å². The van der Waals surface area contributed by atoms with Crippen molar-refractivity contribution < 1.29 is 74.0 Å². The highest BCUT2D eigenvalue weighted by Gasteiger charge is 2.57. The molecule has 0 spiro atoms. The molecule has 4 aromatic rings. The number of amides is 4. The number of nitrogens with one attached hydrogen (secondary N) is 4. The molecule has 2 bridgehead atoms. The Kier molecular flexibility index (Phi) is 17.9. The maximum absolute atomic E-state index is 14.5. The summed E-state index contributed by atoms with van der Waals surface area (Å²) >= 11 is 0. The van der Waals surface area contributed by atoms with Gasteiger partial charge in [0.05, 0.1) is 55.5 Å². The number of aliphatic hydroxyl groups excluding tert-OH is 1. The van der Waals surface area contributed by atoms with Crippen LogP contribution in [-0.2, 0) is 32.0 Å². The molecule has 0 saturated carbocycles. The lowest BCUT2D eigenvalue weighted by atomic mass is 9.82. The predicted octanol–water partition coefficient (Wildman–Crippen LogP) is 6.25. The Morgan fingerprint density at radius 2 is 1.35 bits per heavy atom. The van der Waals surface area contributed by atoms with E-state index < -0.39 is 91.1 Å². The third kappa shape index (κ3) is 13.8. The number of aliphatic hydroxyl groups is 1. The molecule has 0 aliphatic carbocycles. The molecule has 3 aliphatic rings.